The van der Waals surface area contributed by atoms with Crippen molar-refractivity contribution in [1.82, 2.24) is 0 Å². The molecule has 0 bridgehead atoms. The molecule has 0 aliphatic rings. The summed E-state index contributed by atoms with van der Waals surface area (Å²) in [6.07, 6.45) is 0. The number of benzene rings is 2. The lowest BCUT2D eigenvalue weighted by Crippen LogP contribution is -2.12. The summed E-state index contributed by atoms with van der Waals surface area (Å²) < 4.78 is 0. The Labute approximate surface area is 124 Å². The van der Waals surface area contributed by atoms with Crippen LogP contribution < -0.4 is 5.32 Å². The number of hydrogen-bond acceptors (Lipinski definition) is 2. The summed E-state index contributed by atoms with van der Waals surface area (Å²) in [6, 6.07) is 13.0. The number of amides is 1. The van der Waals surface area contributed by atoms with Gasteiger partial charge in [-0.2, -0.15) is 0 Å². The summed E-state index contributed by atoms with van der Waals surface area (Å²) in [4.78, 5) is 12.3. The number of hydrogen-bond donors (Lipinski definition) is 2. The third kappa shape index (κ3) is 4.20. The monoisotopic (exact) mass is 279 g/mol. The highest BCUT2D eigenvalue weighted by Crippen LogP contribution is 2.14. The van der Waals surface area contributed by atoms with Gasteiger partial charge in [-0.25, -0.2) is 0 Å². The van der Waals surface area contributed by atoms with Crippen LogP contribution in [0.4, 0.5) is 5.69 Å². The number of aliphatic hydroxyl groups excluding tert-OH is 1. The van der Waals surface area contributed by atoms with E-state index in [1.165, 1.54) is 0 Å². The molecule has 0 aromatic heterocycles. The molecule has 2 rings (SSSR count). The second kappa shape index (κ2) is 6.74. The lowest BCUT2D eigenvalue weighted by atomic mass is 10.1. The Morgan fingerprint density at radius 3 is 2.52 bits per heavy atom. The van der Waals surface area contributed by atoms with Crippen molar-refractivity contribution in [2.75, 3.05) is 11.9 Å². The average Bonchev–Trinajstić information content (AvgIpc) is 2.44. The van der Waals surface area contributed by atoms with Crippen molar-refractivity contribution in [3.63, 3.8) is 0 Å². The molecular weight excluding hydrogens is 262 g/mol. The topological polar surface area (TPSA) is 49.3 Å². The van der Waals surface area contributed by atoms with Gasteiger partial charge >= 0.3 is 0 Å². The maximum absolute atomic E-state index is 12.3. The fourth-order valence-corrected chi connectivity index (χ4v) is 2.13. The third-order valence-electron chi connectivity index (χ3n) is 2.92. The van der Waals surface area contributed by atoms with Crippen molar-refractivity contribution >= 4 is 11.6 Å². The predicted octanol–water partition coefficient (Wildman–Crippen LogP) is 2.90. The second-order valence-corrected chi connectivity index (χ2v) is 4.87. The summed E-state index contributed by atoms with van der Waals surface area (Å²) in [5.41, 5.74) is 4.19. The van der Waals surface area contributed by atoms with Gasteiger partial charge in [0.05, 0.1) is 0 Å². The molecule has 1 amide bonds. The van der Waals surface area contributed by atoms with Crippen LogP contribution in [-0.4, -0.2) is 17.6 Å². The van der Waals surface area contributed by atoms with E-state index >= 15 is 0 Å². The summed E-state index contributed by atoms with van der Waals surface area (Å²) in [6.45, 7) is 3.75. The highest BCUT2D eigenvalue weighted by Gasteiger charge is 2.07. The van der Waals surface area contributed by atoms with Crippen molar-refractivity contribution < 1.29 is 9.90 Å². The van der Waals surface area contributed by atoms with Gasteiger partial charge in [0.2, 0.25) is 0 Å². The van der Waals surface area contributed by atoms with E-state index in [4.69, 9.17) is 5.11 Å². The van der Waals surface area contributed by atoms with E-state index in [1.807, 2.05) is 50.2 Å². The Morgan fingerprint density at radius 1 is 1.14 bits per heavy atom. The van der Waals surface area contributed by atoms with Crippen LogP contribution in [0.3, 0.4) is 0 Å². The van der Waals surface area contributed by atoms with Crippen LogP contribution in [0.5, 0.6) is 0 Å². The first-order valence-electron chi connectivity index (χ1n) is 6.68. The van der Waals surface area contributed by atoms with Crippen molar-refractivity contribution in [2.24, 2.45) is 0 Å². The smallest absolute Gasteiger partial charge is 0.255 e. The maximum atomic E-state index is 12.3. The molecule has 21 heavy (non-hydrogen) atoms. The zero-order valence-electron chi connectivity index (χ0n) is 12.1. The second-order valence-electron chi connectivity index (χ2n) is 4.87. The van der Waals surface area contributed by atoms with Crippen LogP contribution >= 0.6 is 0 Å². The summed E-state index contributed by atoms with van der Waals surface area (Å²) in [5.74, 6) is 5.25. The number of aryl methyl sites for hydroxylation is 2. The lowest BCUT2D eigenvalue weighted by Gasteiger charge is -2.07. The number of carbonyl (C=O) groups is 1. The van der Waals surface area contributed by atoms with E-state index in [0.29, 0.717) is 11.3 Å². The van der Waals surface area contributed by atoms with Crippen LogP contribution in [0.15, 0.2) is 42.5 Å². The van der Waals surface area contributed by atoms with Gasteiger partial charge in [0, 0.05) is 16.8 Å². The predicted molar refractivity (Wildman–Crippen MR) is 84.3 cm³/mol. The quantitative estimate of drug-likeness (QED) is 0.830. The van der Waals surface area contributed by atoms with Crippen LogP contribution in [0, 0.1) is 25.7 Å². The Morgan fingerprint density at radius 2 is 1.86 bits per heavy atom. The van der Waals surface area contributed by atoms with Crippen LogP contribution in [-0.2, 0) is 0 Å². The number of nitrogens with one attached hydrogen (secondary N) is 1. The largest absolute Gasteiger partial charge is 0.384 e. The van der Waals surface area contributed by atoms with Crippen LogP contribution in [0.25, 0.3) is 0 Å². The lowest BCUT2D eigenvalue weighted by molar-refractivity contribution is 0.102. The normalized spacial score (nSPS) is 9.67. The Kier molecular flexibility index (Phi) is 4.76. The van der Waals surface area contributed by atoms with Crippen molar-refractivity contribution in [3.8, 4) is 11.8 Å². The van der Waals surface area contributed by atoms with Gasteiger partial charge < -0.3 is 10.4 Å². The minimum absolute atomic E-state index is 0.144. The Hall–Kier alpha value is -2.57. The average molecular weight is 279 g/mol. The molecule has 0 fully saturated rings. The first kappa shape index (κ1) is 14.8. The first-order chi connectivity index (χ1) is 10.1. The molecule has 0 aliphatic heterocycles. The molecule has 0 saturated carbocycles. The highest BCUT2D eigenvalue weighted by molar-refractivity contribution is 6.04. The molecule has 0 radical (unpaired) electrons. The van der Waals surface area contributed by atoms with Crippen molar-refractivity contribution in [1.29, 1.82) is 0 Å². The molecule has 3 nitrogen and oxygen atoms in total. The molecule has 0 atom stereocenters. The van der Waals surface area contributed by atoms with Gasteiger partial charge in [-0.1, -0.05) is 35.1 Å². The van der Waals surface area contributed by atoms with E-state index in [-0.39, 0.29) is 12.5 Å². The number of aliphatic hydroxyl groups is 1. The summed E-state index contributed by atoms with van der Waals surface area (Å²) >= 11 is 0. The highest BCUT2D eigenvalue weighted by atomic mass is 16.2. The summed E-state index contributed by atoms with van der Waals surface area (Å²) in [7, 11) is 0. The molecule has 2 aromatic carbocycles. The van der Waals surface area contributed by atoms with Gasteiger partial charge in [-0.15, -0.1) is 0 Å². The molecule has 0 heterocycles. The van der Waals surface area contributed by atoms with Crippen LogP contribution in [0.2, 0.25) is 0 Å². The van der Waals surface area contributed by atoms with Gasteiger partial charge in [0.25, 0.3) is 5.91 Å². The van der Waals surface area contributed by atoms with Gasteiger partial charge in [0.15, 0.2) is 0 Å². The zero-order valence-corrected chi connectivity index (χ0v) is 12.1. The molecule has 106 valence electrons. The first-order valence-corrected chi connectivity index (χ1v) is 6.68. The third-order valence-corrected chi connectivity index (χ3v) is 2.92. The fourth-order valence-electron chi connectivity index (χ4n) is 2.13. The van der Waals surface area contributed by atoms with Crippen molar-refractivity contribution in [3.05, 3.63) is 64.7 Å². The van der Waals surface area contributed by atoms with Crippen molar-refractivity contribution in [2.45, 2.75) is 13.8 Å². The molecular formula is C18H17NO2. The minimum atomic E-state index is -0.181. The zero-order chi connectivity index (χ0) is 15.2. The van der Waals surface area contributed by atoms with E-state index in [0.717, 1.165) is 16.7 Å². The molecule has 0 spiro atoms. The molecule has 2 aromatic rings. The van der Waals surface area contributed by atoms with E-state index in [9.17, 15) is 4.79 Å². The molecule has 0 unspecified atom stereocenters. The minimum Gasteiger partial charge on any atom is -0.384 e. The maximum Gasteiger partial charge on any atom is 0.255 e. The number of anilines is 1. The fraction of sp³-hybridized carbons (Fsp3) is 0.167. The molecule has 0 aliphatic carbocycles. The number of carbonyl (C=O) groups excluding carboxylic acids is 1. The van der Waals surface area contributed by atoms with E-state index in [1.54, 1.807) is 6.07 Å². The molecule has 2 N–H and O–H groups in total. The van der Waals surface area contributed by atoms with Crippen LogP contribution in [0.1, 0.15) is 27.0 Å². The Balaban J connectivity index is 2.19. The van der Waals surface area contributed by atoms with Gasteiger partial charge in [-0.3, -0.25) is 4.79 Å². The molecule has 0 saturated heterocycles. The number of rotatable bonds is 2. The SMILES string of the molecule is Cc1cc(C)cc(C(=O)Nc2cccc(C#CCO)c2)c1. The van der Waals surface area contributed by atoms with E-state index in [2.05, 4.69) is 17.2 Å². The van der Waals surface area contributed by atoms with Gasteiger partial charge in [0.1, 0.15) is 6.61 Å². The molecule has 3 heteroatoms. The summed E-state index contributed by atoms with van der Waals surface area (Å²) in [5, 5.41) is 11.6. The standard InChI is InChI=1S/C18H17NO2/c1-13-9-14(2)11-16(10-13)18(21)19-17-7-3-5-15(12-17)6-4-8-20/h3,5,7,9-12,20H,8H2,1-2H3,(H,19,21). The Bertz CT molecular complexity index is 703. The van der Waals surface area contributed by atoms with E-state index < -0.39 is 0 Å². The van der Waals surface area contributed by atoms with Gasteiger partial charge in [-0.05, 0) is 44.2 Å².